The standard InChI is InChI=1S/C12H19N3OS/c1-10-3-6-13-11(15-10)14-9-12(16-2)4-7-17-8-5-12/h3,6H,4-5,7-9H2,1-2H3,(H,13,14,15). The molecule has 94 valence electrons. The topological polar surface area (TPSA) is 47.0 Å². The Morgan fingerprint density at radius 3 is 2.88 bits per heavy atom. The van der Waals surface area contributed by atoms with E-state index in [1.807, 2.05) is 24.8 Å². The first-order chi connectivity index (χ1) is 8.24. The second kappa shape index (κ2) is 5.69. The fourth-order valence-electron chi connectivity index (χ4n) is 1.97. The van der Waals surface area contributed by atoms with Crippen LogP contribution in [0.1, 0.15) is 18.5 Å². The van der Waals surface area contributed by atoms with Gasteiger partial charge in [0.25, 0.3) is 0 Å². The molecule has 0 saturated carbocycles. The molecule has 0 aliphatic carbocycles. The molecule has 0 aromatic carbocycles. The van der Waals surface area contributed by atoms with Crippen molar-refractivity contribution in [1.29, 1.82) is 0 Å². The molecule has 1 aliphatic heterocycles. The van der Waals surface area contributed by atoms with Crippen LogP contribution >= 0.6 is 11.8 Å². The summed E-state index contributed by atoms with van der Waals surface area (Å²) in [5.41, 5.74) is 0.936. The average molecular weight is 253 g/mol. The van der Waals surface area contributed by atoms with Crippen molar-refractivity contribution in [2.75, 3.05) is 30.5 Å². The number of nitrogens with zero attached hydrogens (tertiary/aromatic N) is 2. The maximum atomic E-state index is 5.70. The van der Waals surface area contributed by atoms with Gasteiger partial charge in [-0.2, -0.15) is 11.8 Å². The Bertz CT molecular complexity index is 367. The maximum absolute atomic E-state index is 5.70. The molecular formula is C12H19N3OS. The van der Waals surface area contributed by atoms with Crippen LogP contribution in [0.4, 0.5) is 5.95 Å². The predicted molar refractivity (Wildman–Crippen MR) is 71.6 cm³/mol. The van der Waals surface area contributed by atoms with E-state index >= 15 is 0 Å². The number of anilines is 1. The molecule has 1 fully saturated rings. The summed E-state index contributed by atoms with van der Waals surface area (Å²) in [5.74, 6) is 3.04. The molecule has 1 aromatic heterocycles. The minimum atomic E-state index is -0.0433. The number of rotatable bonds is 4. The third-order valence-corrected chi connectivity index (χ3v) is 4.19. The molecule has 2 heterocycles. The quantitative estimate of drug-likeness (QED) is 0.890. The van der Waals surface area contributed by atoms with Crippen molar-refractivity contribution in [2.45, 2.75) is 25.4 Å². The zero-order valence-electron chi connectivity index (χ0n) is 10.4. The van der Waals surface area contributed by atoms with Gasteiger partial charge in [0.1, 0.15) is 0 Å². The monoisotopic (exact) mass is 253 g/mol. The number of nitrogens with one attached hydrogen (secondary N) is 1. The van der Waals surface area contributed by atoms with Gasteiger partial charge in [-0.3, -0.25) is 0 Å². The number of aryl methyl sites for hydroxylation is 1. The highest BCUT2D eigenvalue weighted by atomic mass is 32.2. The Morgan fingerprint density at radius 1 is 1.47 bits per heavy atom. The highest BCUT2D eigenvalue weighted by Crippen LogP contribution is 2.29. The lowest BCUT2D eigenvalue weighted by Gasteiger charge is -2.35. The Balaban J connectivity index is 1.95. The third kappa shape index (κ3) is 3.33. The van der Waals surface area contributed by atoms with Crippen LogP contribution in [0.3, 0.4) is 0 Å². The molecule has 0 atom stereocenters. The van der Waals surface area contributed by atoms with Crippen molar-refractivity contribution in [3.8, 4) is 0 Å². The molecule has 0 bridgehead atoms. The van der Waals surface area contributed by atoms with Crippen LogP contribution in [0.25, 0.3) is 0 Å². The van der Waals surface area contributed by atoms with Crippen LogP contribution in [-0.4, -0.2) is 40.7 Å². The molecule has 1 aliphatic rings. The van der Waals surface area contributed by atoms with Gasteiger partial charge in [-0.1, -0.05) is 0 Å². The van der Waals surface area contributed by atoms with Crippen LogP contribution in [-0.2, 0) is 4.74 Å². The molecule has 0 amide bonds. The zero-order valence-corrected chi connectivity index (χ0v) is 11.2. The molecule has 2 rings (SSSR count). The lowest BCUT2D eigenvalue weighted by Crippen LogP contribution is -2.42. The van der Waals surface area contributed by atoms with Crippen LogP contribution in [0.15, 0.2) is 12.3 Å². The SMILES string of the molecule is COC1(CNc2nccc(C)n2)CCSCC1. The fraction of sp³-hybridized carbons (Fsp3) is 0.667. The Labute approximate surface area is 107 Å². The van der Waals surface area contributed by atoms with Crippen LogP contribution in [0, 0.1) is 6.92 Å². The Kier molecular flexibility index (Phi) is 4.23. The van der Waals surface area contributed by atoms with Crippen LogP contribution in [0.5, 0.6) is 0 Å². The molecule has 5 heteroatoms. The molecule has 0 unspecified atom stereocenters. The van der Waals surface area contributed by atoms with E-state index in [1.165, 1.54) is 11.5 Å². The first-order valence-corrected chi connectivity index (χ1v) is 7.06. The van der Waals surface area contributed by atoms with Crippen molar-refractivity contribution < 1.29 is 4.74 Å². The highest BCUT2D eigenvalue weighted by Gasteiger charge is 2.32. The Hall–Kier alpha value is -0.810. The van der Waals surface area contributed by atoms with Gasteiger partial charge in [-0.25, -0.2) is 9.97 Å². The number of methoxy groups -OCH3 is 1. The average Bonchev–Trinajstić information content (AvgIpc) is 2.38. The van der Waals surface area contributed by atoms with Crippen molar-refractivity contribution in [1.82, 2.24) is 9.97 Å². The summed E-state index contributed by atoms with van der Waals surface area (Å²) in [7, 11) is 1.80. The number of thioether (sulfide) groups is 1. The van der Waals surface area contributed by atoms with Gasteiger partial charge in [0.05, 0.1) is 5.60 Å². The second-order valence-corrected chi connectivity index (χ2v) is 5.60. The van der Waals surface area contributed by atoms with Crippen molar-refractivity contribution in [3.05, 3.63) is 18.0 Å². The lowest BCUT2D eigenvalue weighted by atomic mass is 9.96. The number of ether oxygens (including phenoxy) is 1. The van der Waals surface area contributed by atoms with E-state index in [2.05, 4.69) is 15.3 Å². The second-order valence-electron chi connectivity index (χ2n) is 4.37. The maximum Gasteiger partial charge on any atom is 0.222 e. The van der Waals surface area contributed by atoms with E-state index in [4.69, 9.17) is 4.74 Å². The first-order valence-electron chi connectivity index (χ1n) is 5.90. The molecular weight excluding hydrogens is 234 g/mol. The van der Waals surface area contributed by atoms with Gasteiger partial charge >= 0.3 is 0 Å². The van der Waals surface area contributed by atoms with E-state index in [-0.39, 0.29) is 5.60 Å². The fourth-order valence-corrected chi connectivity index (χ4v) is 3.21. The molecule has 1 saturated heterocycles. The minimum absolute atomic E-state index is 0.0433. The van der Waals surface area contributed by atoms with Crippen molar-refractivity contribution in [2.24, 2.45) is 0 Å². The van der Waals surface area contributed by atoms with E-state index in [1.54, 1.807) is 13.3 Å². The number of hydrogen-bond acceptors (Lipinski definition) is 5. The molecule has 1 N–H and O–H groups in total. The van der Waals surface area contributed by atoms with Gasteiger partial charge in [0.2, 0.25) is 5.95 Å². The summed E-state index contributed by atoms with van der Waals surface area (Å²) in [6.07, 6.45) is 3.96. The van der Waals surface area contributed by atoms with Crippen LogP contribution in [0.2, 0.25) is 0 Å². The van der Waals surface area contributed by atoms with Crippen molar-refractivity contribution in [3.63, 3.8) is 0 Å². The largest absolute Gasteiger partial charge is 0.376 e. The van der Waals surface area contributed by atoms with Crippen LogP contribution < -0.4 is 5.32 Å². The van der Waals surface area contributed by atoms with E-state index < -0.39 is 0 Å². The summed E-state index contributed by atoms with van der Waals surface area (Å²) >= 11 is 2.00. The third-order valence-electron chi connectivity index (χ3n) is 3.20. The van der Waals surface area contributed by atoms with Gasteiger partial charge in [0, 0.05) is 25.5 Å². The molecule has 17 heavy (non-hydrogen) atoms. The molecule has 0 radical (unpaired) electrons. The summed E-state index contributed by atoms with van der Waals surface area (Å²) in [4.78, 5) is 8.55. The van der Waals surface area contributed by atoms with E-state index in [0.717, 1.165) is 25.1 Å². The van der Waals surface area contributed by atoms with Gasteiger partial charge < -0.3 is 10.1 Å². The smallest absolute Gasteiger partial charge is 0.222 e. The lowest BCUT2D eigenvalue weighted by molar-refractivity contribution is -0.00560. The molecule has 0 spiro atoms. The number of hydrogen-bond donors (Lipinski definition) is 1. The van der Waals surface area contributed by atoms with E-state index in [9.17, 15) is 0 Å². The van der Waals surface area contributed by atoms with Gasteiger partial charge in [-0.15, -0.1) is 0 Å². The number of aromatic nitrogens is 2. The minimum Gasteiger partial charge on any atom is -0.376 e. The summed E-state index contributed by atoms with van der Waals surface area (Å²) < 4.78 is 5.70. The molecule has 1 aromatic rings. The molecule has 4 nitrogen and oxygen atoms in total. The van der Waals surface area contributed by atoms with Crippen molar-refractivity contribution >= 4 is 17.7 Å². The Morgan fingerprint density at radius 2 is 2.24 bits per heavy atom. The normalized spacial score (nSPS) is 18.9. The van der Waals surface area contributed by atoms with Gasteiger partial charge in [0.15, 0.2) is 0 Å². The highest BCUT2D eigenvalue weighted by molar-refractivity contribution is 7.99. The zero-order chi connectivity index (χ0) is 12.1. The summed E-state index contributed by atoms with van der Waals surface area (Å²) in [5, 5.41) is 3.29. The first kappa shape index (κ1) is 12.6. The van der Waals surface area contributed by atoms with E-state index in [0.29, 0.717) is 5.95 Å². The predicted octanol–water partition coefficient (Wildman–Crippen LogP) is 2.11. The summed E-state index contributed by atoms with van der Waals surface area (Å²) in [6, 6.07) is 1.90. The van der Waals surface area contributed by atoms with Gasteiger partial charge in [-0.05, 0) is 37.3 Å². The summed E-state index contributed by atoms with van der Waals surface area (Å²) in [6.45, 7) is 2.75.